The van der Waals surface area contributed by atoms with Gasteiger partial charge in [0.1, 0.15) is 24.0 Å². The standard InChI is InChI=1S/C14H14N2O3/c1-9-12(7-15-16-9)14(17)18-8-11-6-10-4-2-3-5-13(10)19-11/h2-5,7,11H,6,8H2,1H3,(H,15,16). The summed E-state index contributed by atoms with van der Waals surface area (Å²) < 4.78 is 11.0. The minimum atomic E-state index is -0.370. The Bertz CT molecular complexity index is 581. The van der Waals surface area contributed by atoms with Gasteiger partial charge in [0.05, 0.1) is 6.20 Å². The fraction of sp³-hybridized carbons (Fsp3) is 0.286. The van der Waals surface area contributed by atoms with E-state index in [0.717, 1.165) is 17.7 Å². The minimum Gasteiger partial charge on any atom is -0.486 e. The van der Waals surface area contributed by atoms with E-state index in [1.807, 2.05) is 24.3 Å². The maximum absolute atomic E-state index is 11.8. The van der Waals surface area contributed by atoms with Crippen molar-refractivity contribution in [3.05, 3.63) is 47.3 Å². The van der Waals surface area contributed by atoms with Crippen molar-refractivity contribution in [2.45, 2.75) is 19.4 Å². The maximum Gasteiger partial charge on any atom is 0.341 e. The normalized spacial score (nSPS) is 16.8. The lowest BCUT2D eigenvalue weighted by atomic mass is 10.1. The molecule has 0 saturated heterocycles. The molecule has 1 aromatic carbocycles. The number of nitrogens with one attached hydrogen (secondary N) is 1. The molecule has 1 aliphatic rings. The van der Waals surface area contributed by atoms with Crippen LogP contribution in [0.15, 0.2) is 30.5 Å². The van der Waals surface area contributed by atoms with Gasteiger partial charge in [-0.2, -0.15) is 5.10 Å². The van der Waals surface area contributed by atoms with E-state index in [1.54, 1.807) is 6.92 Å². The van der Waals surface area contributed by atoms with E-state index >= 15 is 0 Å². The lowest BCUT2D eigenvalue weighted by Gasteiger charge is -2.10. The van der Waals surface area contributed by atoms with Gasteiger partial charge in [0.2, 0.25) is 0 Å². The molecule has 5 heteroatoms. The number of esters is 1. The molecule has 1 aromatic heterocycles. The molecule has 1 unspecified atom stereocenters. The van der Waals surface area contributed by atoms with Crippen molar-refractivity contribution >= 4 is 5.97 Å². The third kappa shape index (κ3) is 2.31. The van der Waals surface area contributed by atoms with Crippen LogP contribution in [0.4, 0.5) is 0 Å². The Hall–Kier alpha value is -2.30. The van der Waals surface area contributed by atoms with Crippen molar-refractivity contribution in [2.24, 2.45) is 0 Å². The predicted molar refractivity (Wildman–Crippen MR) is 68.2 cm³/mol. The van der Waals surface area contributed by atoms with E-state index in [9.17, 15) is 4.79 Å². The number of rotatable bonds is 3. The molecule has 0 bridgehead atoms. The second-order valence-corrected chi connectivity index (χ2v) is 4.56. The molecule has 5 nitrogen and oxygen atoms in total. The number of aryl methyl sites for hydroxylation is 1. The molecule has 1 N–H and O–H groups in total. The predicted octanol–water partition coefficient (Wildman–Crippen LogP) is 1.88. The van der Waals surface area contributed by atoms with E-state index in [0.29, 0.717) is 11.3 Å². The van der Waals surface area contributed by atoms with Gasteiger partial charge in [0, 0.05) is 12.1 Å². The summed E-state index contributed by atoms with van der Waals surface area (Å²) in [5.74, 6) is 0.508. The monoisotopic (exact) mass is 258 g/mol. The van der Waals surface area contributed by atoms with Crippen LogP contribution in [-0.4, -0.2) is 28.9 Å². The smallest absolute Gasteiger partial charge is 0.341 e. The van der Waals surface area contributed by atoms with Gasteiger partial charge in [-0.25, -0.2) is 4.79 Å². The van der Waals surface area contributed by atoms with E-state index in [1.165, 1.54) is 6.20 Å². The number of nitrogens with zero attached hydrogens (tertiary/aromatic N) is 1. The topological polar surface area (TPSA) is 64.2 Å². The van der Waals surface area contributed by atoms with Gasteiger partial charge in [0.25, 0.3) is 0 Å². The van der Waals surface area contributed by atoms with E-state index in [-0.39, 0.29) is 18.7 Å². The average Bonchev–Trinajstić information content (AvgIpc) is 3.01. The molecule has 0 spiro atoms. The van der Waals surface area contributed by atoms with Gasteiger partial charge >= 0.3 is 5.97 Å². The molecule has 19 heavy (non-hydrogen) atoms. The van der Waals surface area contributed by atoms with Crippen LogP contribution in [0, 0.1) is 6.92 Å². The van der Waals surface area contributed by atoms with Crippen LogP contribution in [0.5, 0.6) is 5.75 Å². The van der Waals surface area contributed by atoms with Crippen LogP contribution in [0.3, 0.4) is 0 Å². The molecule has 0 saturated carbocycles. The number of aromatic amines is 1. The number of aromatic nitrogens is 2. The summed E-state index contributed by atoms with van der Waals surface area (Å²) in [6, 6.07) is 7.86. The van der Waals surface area contributed by atoms with E-state index in [4.69, 9.17) is 9.47 Å². The van der Waals surface area contributed by atoms with Gasteiger partial charge in [0.15, 0.2) is 0 Å². The summed E-state index contributed by atoms with van der Waals surface area (Å²) in [5, 5.41) is 6.51. The molecule has 98 valence electrons. The molecule has 2 heterocycles. The summed E-state index contributed by atoms with van der Waals surface area (Å²) in [4.78, 5) is 11.8. The van der Waals surface area contributed by atoms with Crippen LogP contribution in [0.1, 0.15) is 21.6 Å². The van der Waals surface area contributed by atoms with Crippen molar-refractivity contribution in [3.8, 4) is 5.75 Å². The number of carbonyl (C=O) groups excluding carboxylic acids is 1. The lowest BCUT2D eigenvalue weighted by molar-refractivity contribution is 0.0346. The van der Waals surface area contributed by atoms with Crippen molar-refractivity contribution in [2.75, 3.05) is 6.61 Å². The zero-order valence-corrected chi connectivity index (χ0v) is 10.6. The molecule has 0 fully saturated rings. The summed E-state index contributed by atoms with van der Waals surface area (Å²) in [5.41, 5.74) is 2.33. The number of para-hydroxylation sites is 1. The van der Waals surface area contributed by atoms with Crippen LogP contribution >= 0.6 is 0 Å². The Balaban J connectivity index is 1.58. The Morgan fingerprint density at radius 2 is 2.37 bits per heavy atom. The molecule has 1 aliphatic heterocycles. The Morgan fingerprint density at radius 1 is 1.53 bits per heavy atom. The summed E-state index contributed by atoms with van der Waals surface area (Å²) >= 11 is 0. The Kier molecular flexibility index (Phi) is 2.95. The largest absolute Gasteiger partial charge is 0.486 e. The van der Waals surface area contributed by atoms with Crippen molar-refractivity contribution in [1.29, 1.82) is 0 Å². The molecule has 0 radical (unpaired) electrons. The Labute approximate surface area is 110 Å². The summed E-state index contributed by atoms with van der Waals surface area (Å²) in [6.45, 7) is 2.03. The van der Waals surface area contributed by atoms with Gasteiger partial charge in [-0.3, -0.25) is 5.10 Å². The second-order valence-electron chi connectivity index (χ2n) is 4.56. The molecule has 1 atom stereocenters. The molecule has 3 rings (SSSR count). The highest BCUT2D eigenvalue weighted by atomic mass is 16.6. The number of benzene rings is 1. The quantitative estimate of drug-likeness (QED) is 0.854. The van der Waals surface area contributed by atoms with Gasteiger partial charge in [-0.15, -0.1) is 0 Å². The highest BCUT2D eigenvalue weighted by Gasteiger charge is 2.24. The van der Waals surface area contributed by atoms with Crippen molar-refractivity contribution < 1.29 is 14.3 Å². The van der Waals surface area contributed by atoms with Crippen molar-refractivity contribution in [1.82, 2.24) is 10.2 Å². The molecule has 0 amide bonds. The fourth-order valence-corrected chi connectivity index (χ4v) is 2.15. The Morgan fingerprint density at radius 3 is 3.11 bits per heavy atom. The first kappa shape index (κ1) is 11.8. The maximum atomic E-state index is 11.8. The number of hydrogen-bond acceptors (Lipinski definition) is 4. The second kappa shape index (κ2) is 4.76. The van der Waals surface area contributed by atoms with Crippen LogP contribution < -0.4 is 4.74 Å². The van der Waals surface area contributed by atoms with E-state index in [2.05, 4.69) is 10.2 Å². The molecular weight excluding hydrogens is 244 g/mol. The first-order valence-electron chi connectivity index (χ1n) is 6.15. The fourth-order valence-electron chi connectivity index (χ4n) is 2.15. The van der Waals surface area contributed by atoms with Gasteiger partial charge in [-0.05, 0) is 18.6 Å². The number of H-pyrrole nitrogens is 1. The highest BCUT2D eigenvalue weighted by molar-refractivity contribution is 5.90. The summed E-state index contributed by atoms with van der Waals surface area (Å²) in [6.07, 6.45) is 2.14. The van der Waals surface area contributed by atoms with Gasteiger partial charge < -0.3 is 9.47 Å². The zero-order chi connectivity index (χ0) is 13.2. The third-order valence-corrected chi connectivity index (χ3v) is 3.16. The number of ether oxygens (including phenoxy) is 2. The van der Waals surface area contributed by atoms with E-state index < -0.39 is 0 Å². The number of hydrogen-bond donors (Lipinski definition) is 1. The van der Waals surface area contributed by atoms with Crippen molar-refractivity contribution in [3.63, 3.8) is 0 Å². The van der Waals surface area contributed by atoms with Crippen LogP contribution in [0.2, 0.25) is 0 Å². The summed E-state index contributed by atoms with van der Waals surface area (Å²) in [7, 11) is 0. The molecule has 2 aromatic rings. The molecule has 0 aliphatic carbocycles. The zero-order valence-electron chi connectivity index (χ0n) is 10.6. The highest BCUT2D eigenvalue weighted by Crippen LogP contribution is 2.28. The molecular formula is C14H14N2O3. The van der Waals surface area contributed by atoms with Crippen LogP contribution in [-0.2, 0) is 11.2 Å². The van der Waals surface area contributed by atoms with Gasteiger partial charge in [-0.1, -0.05) is 18.2 Å². The third-order valence-electron chi connectivity index (χ3n) is 3.16. The SMILES string of the molecule is Cc1[nH]ncc1C(=O)OCC1Cc2ccccc2O1. The number of carbonyl (C=O) groups is 1. The number of fused-ring (bicyclic) bond motifs is 1. The minimum absolute atomic E-state index is 0.103. The first-order chi connectivity index (χ1) is 9.24. The average molecular weight is 258 g/mol. The van der Waals surface area contributed by atoms with Crippen LogP contribution in [0.25, 0.3) is 0 Å². The first-order valence-corrected chi connectivity index (χ1v) is 6.15. The lowest BCUT2D eigenvalue weighted by Crippen LogP contribution is -2.23.